The number of rotatable bonds is 7. The highest BCUT2D eigenvalue weighted by molar-refractivity contribution is 6.32. The monoisotopic (exact) mass is 398 g/mol. The third-order valence-electron chi connectivity index (χ3n) is 3.67. The largest absolute Gasteiger partial charge is 0.495 e. The van der Waals surface area contributed by atoms with Crippen molar-refractivity contribution < 1.29 is 19.0 Å². The van der Waals surface area contributed by atoms with Crippen molar-refractivity contribution in [2.75, 3.05) is 38.5 Å². The van der Waals surface area contributed by atoms with Gasteiger partial charge in [-0.3, -0.25) is 4.79 Å². The summed E-state index contributed by atoms with van der Waals surface area (Å²) in [5, 5.41) is 6.78. The number of hydrogen-bond donors (Lipinski definition) is 2. The Morgan fingerprint density at radius 1 is 0.885 bits per heavy atom. The number of methoxy groups -OCH3 is 3. The van der Waals surface area contributed by atoms with Crippen LogP contribution >= 0.6 is 23.2 Å². The van der Waals surface area contributed by atoms with E-state index in [1.54, 1.807) is 24.3 Å². The maximum atomic E-state index is 12.3. The standard InChI is InChI=1S/C18H20Cl2N2O4/c1-10-5-14(17(26-4)6-11(10)19)22-18(23)9-21-13-8-15(24-2)12(20)7-16(13)25-3/h5-8,21H,9H2,1-4H3,(H,22,23). The summed E-state index contributed by atoms with van der Waals surface area (Å²) in [5.74, 6) is 1.20. The number of carbonyl (C=O) groups excluding carboxylic acids is 1. The second-order valence-electron chi connectivity index (χ2n) is 5.39. The molecule has 0 aliphatic rings. The molecule has 2 rings (SSSR count). The minimum Gasteiger partial charge on any atom is -0.495 e. The van der Waals surface area contributed by atoms with E-state index in [2.05, 4.69) is 10.6 Å². The Labute approximate surface area is 162 Å². The molecular formula is C18H20Cl2N2O4. The Balaban J connectivity index is 2.11. The molecule has 0 unspecified atom stereocenters. The number of nitrogens with one attached hydrogen (secondary N) is 2. The summed E-state index contributed by atoms with van der Waals surface area (Å²) in [6.45, 7) is 1.85. The summed E-state index contributed by atoms with van der Waals surface area (Å²) >= 11 is 12.1. The van der Waals surface area contributed by atoms with Crippen LogP contribution < -0.4 is 24.8 Å². The van der Waals surface area contributed by atoms with Gasteiger partial charge in [-0.25, -0.2) is 0 Å². The quantitative estimate of drug-likeness (QED) is 0.723. The molecule has 1 amide bonds. The third-order valence-corrected chi connectivity index (χ3v) is 4.37. The summed E-state index contributed by atoms with van der Waals surface area (Å²) in [5.41, 5.74) is 1.96. The zero-order valence-electron chi connectivity index (χ0n) is 14.9. The molecule has 26 heavy (non-hydrogen) atoms. The van der Waals surface area contributed by atoms with Crippen LogP contribution in [0.3, 0.4) is 0 Å². The van der Waals surface area contributed by atoms with Crippen molar-refractivity contribution in [1.82, 2.24) is 0 Å². The molecule has 0 aromatic heterocycles. The van der Waals surface area contributed by atoms with Gasteiger partial charge in [-0.1, -0.05) is 23.2 Å². The Kier molecular flexibility index (Phi) is 6.83. The SMILES string of the molecule is COc1cc(NCC(=O)Nc2cc(C)c(Cl)cc2OC)c(OC)cc1Cl. The summed E-state index contributed by atoms with van der Waals surface area (Å²) in [6.07, 6.45) is 0. The lowest BCUT2D eigenvalue weighted by molar-refractivity contribution is -0.114. The number of amides is 1. The van der Waals surface area contributed by atoms with Crippen molar-refractivity contribution in [3.63, 3.8) is 0 Å². The molecule has 0 aliphatic carbocycles. The lowest BCUT2D eigenvalue weighted by atomic mass is 10.2. The molecule has 8 heteroatoms. The number of halogens is 2. The van der Waals surface area contributed by atoms with E-state index in [-0.39, 0.29) is 12.5 Å². The minimum absolute atomic E-state index is 0.00593. The van der Waals surface area contributed by atoms with Crippen LogP contribution in [0, 0.1) is 6.92 Å². The molecule has 0 saturated heterocycles. The molecule has 2 aromatic carbocycles. The van der Waals surface area contributed by atoms with Gasteiger partial charge in [0.1, 0.15) is 17.2 Å². The van der Waals surface area contributed by atoms with Gasteiger partial charge in [-0.05, 0) is 18.6 Å². The van der Waals surface area contributed by atoms with E-state index in [4.69, 9.17) is 37.4 Å². The van der Waals surface area contributed by atoms with Crippen molar-refractivity contribution in [3.8, 4) is 17.2 Å². The second-order valence-corrected chi connectivity index (χ2v) is 6.20. The number of anilines is 2. The Morgan fingerprint density at radius 2 is 1.46 bits per heavy atom. The van der Waals surface area contributed by atoms with Gasteiger partial charge in [0.05, 0.1) is 44.3 Å². The van der Waals surface area contributed by atoms with Crippen molar-refractivity contribution >= 4 is 40.5 Å². The number of ether oxygens (including phenoxy) is 3. The molecule has 0 atom stereocenters. The Morgan fingerprint density at radius 3 is 2.08 bits per heavy atom. The topological polar surface area (TPSA) is 68.8 Å². The van der Waals surface area contributed by atoms with Crippen LogP contribution in [0.5, 0.6) is 17.2 Å². The van der Waals surface area contributed by atoms with Crippen LogP contribution in [0.15, 0.2) is 24.3 Å². The third kappa shape index (κ3) is 4.65. The zero-order valence-corrected chi connectivity index (χ0v) is 16.4. The highest BCUT2D eigenvalue weighted by Crippen LogP contribution is 2.36. The smallest absolute Gasteiger partial charge is 0.243 e. The van der Waals surface area contributed by atoms with E-state index >= 15 is 0 Å². The molecule has 6 nitrogen and oxygen atoms in total. The van der Waals surface area contributed by atoms with Gasteiger partial charge in [0.15, 0.2) is 0 Å². The molecule has 2 aromatic rings. The number of hydrogen-bond acceptors (Lipinski definition) is 5. The van der Waals surface area contributed by atoms with E-state index in [0.29, 0.717) is 38.7 Å². The molecule has 0 spiro atoms. The molecule has 0 aliphatic heterocycles. The molecule has 0 saturated carbocycles. The van der Waals surface area contributed by atoms with E-state index in [1.807, 2.05) is 6.92 Å². The minimum atomic E-state index is -0.263. The van der Waals surface area contributed by atoms with E-state index < -0.39 is 0 Å². The van der Waals surface area contributed by atoms with Gasteiger partial charge < -0.3 is 24.8 Å². The summed E-state index contributed by atoms with van der Waals surface area (Å²) in [6, 6.07) is 6.70. The van der Waals surface area contributed by atoms with Crippen LogP contribution in [-0.2, 0) is 4.79 Å². The van der Waals surface area contributed by atoms with Crippen LogP contribution in [0.1, 0.15) is 5.56 Å². The van der Waals surface area contributed by atoms with Gasteiger partial charge in [-0.2, -0.15) is 0 Å². The zero-order chi connectivity index (χ0) is 19.3. The predicted octanol–water partition coefficient (Wildman–Crippen LogP) is 4.38. The molecular weight excluding hydrogens is 379 g/mol. The van der Waals surface area contributed by atoms with Crippen molar-refractivity contribution in [3.05, 3.63) is 39.9 Å². The van der Waals surface area contributed by atoms with E-state index in [0.717, 1.165) is 5.56 Å². The molecule has 0 bridgehead atoms. The highest BCUT2D eigenvalue weighted by Gasteiger charge is 2.13. The van der Waals surface area contributed by atoms with Crippen LogP contribution in [-0.4, -0.2) is 33.8 Å². The van der Waals surface area contributed by atoms with Gasteiger partial charge in [-0.15, -0.1) is 0 Å². The number of carbonyl (C=O) groups is 1. The van der Waals surface area contributed by atoms with Crippen molar-refractivity contribution in [2.45, 2.75) is 6.92 Å². The number of benzene rings is 2. The summed E-state index contributed by atoms with van der Waals surface area (Å²) < 4.78 is 15.7. The first-order chi connectivity index (χ1) is 12.4. The van der Waals surface area contributed by atoms with Crippen LogP contribution in [0.4, 0.5) is 11.4 Å². The fraction of sp³-hybridized carbons (Fsp3) is 0.278. The van der Waals surface area contributed by atoms with Crippen LogP contribution in [0.25, 0.3) is 0 Å². The highest BCUT2D eigenvalue weighted by atomic mass is 35.5. The molecule has 2 N–H and O–H groups in total. The summed E-state index contributed by atoms with van der Waals surface area (Å²) in [7, 11) is 4.55. The van der Waals surface area contributed by atoms with E-state index in [9.17, 15) is 4.79 Å². The maximum absolute atomic E-state index is 12.3. The average Bonchev–Trinajstić information content (AvgIpc) is 2.63. The first-order valence-corrected chi connectivity index (χ1v) is 8.44. The lowest BCUT2D eigenvalue weighted by Crippen LogP contribution is -2.22. The molecule has 140 valence electrons. The average molecular weight is 399 g/mol. The first kappa shape index (κ1) is 20.0. The lowest BCUT2D eigenvalue weighted by Gasteiger charge is -2.15. The molecule has 0 heterocycles. The molecule has 0 fully saturated rings. The van der Waals surface area contributed by atoms with Crippen molar-refractivity contribution in [2.24, 2.45) is 0 Å². The van der Waals surface area contributed by atoms with Gasteiger partial charge in [0, 0.05) is 23.2 Å². The normalized spacial score (nSPS) is 10.2. The van der Waals surface area contributed by atoms with Crippen LogP contribution in [0.2, 0.25) is 10.0 Å². The van der Waals surface area contributed by atoms with Gasteiger partial charge >= 0.3 is 0 Å². The number of aryl methyl sites for hydroxylation is 1. The fourth-order valence-corrected chi connectivity index (χ4v) is 2.68. The predicted molar refractivity (Wildman–Crippen MR) is 104 cm³/mol. The van der Waals surface area contributed by atoms with Gasteiger partial charge in [0.2, 0.25) is 5.91 Å². The fourth-order valence-electron chi connectivity index (χ4n) is 2.30. The first-order valence-electron chi connectivity index (χ1n) is 7.69. The molecule has 0 radical (unpaired) electrons. The summed E-state index contributed by atoms with van der Waals surface area (Å²) in [4.78, 5) is 12.3. The Hall–Kier alpha value is -2.31. The maximum Gasteiger partial charge on any atom is 0.243 e. The Bertz CT molecular complexity index is 812. The van der Waals surface area contributed by atoms with Gasteiger partial charge in [0.25, 0.3) is 0 Å². The van der Waals surface area contributed by atoms with Crippen molar-refractivity contribution in [1.29, 1.82) is 0 Å². The second kappa shape index (κ2) is 8.87. The van der Waals surface area contributed by atoms with E-state index in [1.165, 1.54) is 21.3 Å².